The van der Waals surface area contributed by atoms with E-state index >= 15 is 0 Å². The van der Waals surface area contributed by atoms with Crippen molar-refractivity contribution in [2.75, 3.05) is 12.4 Å². The maximum atomic E-state index is 4.62. The fourth-order valence-corrected chi connectivity index (χ4v) is 2.60. The Morgan fingerprint density at radius 1 is 1.24 bits per heavy atom. The normalized spacial score (nSPS) is 11.0. The van der Waals surface area contributed by atoms with E-state index in [1.807, 2.05) is 31.7 Å². The molecule has 5 nitrogen and oxygen atoms in total. The molecule has 0 amide bonds. The molecule has 5 heteroatoms. The summed E-state index contributed by atoms with van der Waals surface area (Å²) in [5.74, 6) is 2.42. The molecule has 0 aliphatic rings. The van der Waals surface area contributed by atoms with Crippen LogP contribution in [0.3, 0.4) is 0 Å². The highest BCUT2D eigenvalue weighted by Crippen LogP contribution is 2.23. The van der Waals surface area contributed by atoms with Gasteiger partial charge in [-0.25, -0.2) is 4.57 Å². The van der Waals surface area contributed by atoms with Crippen LogP contribution in [0.1, 0.15) is 18.3 Å². The highest BCUT2D eigenvalue weighted by atomic mass is 15.3. The van der Waals surface area contributed by atoms with Crippen LogP contribution in [0.15, 0.2) is 30.5 Å². The van der Waals surface area contributed by atoms with E-state index in [1.165, 1.54) is 10.9 Å². The van der Waals surface area contributed by atoms with Crippen LogP contribution in [0.4, 0.5) is 5.95 Å². The zero-order valence-corrected chi connectivity index (χ0v) is 12.9. The molecule has 1 N–H and O–H groups in total. The van der Waals surface area contributed by atoms with Gasteiger partial charge >= 0.3 is 11.9 Å². The minimum Gasteiger partial charge on any atom is -0.297 e. The molecule has 0 fully saturated rings. The van der Waals surface area contributed by atoms with Crippen LogP contribution in [-0.4, -0.2) is 21.6 Å². The smallest absolute Gasteiger partial charge is 0.297 e. The summed E-state index contributed by atoms with van der Waals surface area (Å²) in [6.07, 6.45) is 3.13. The van der Waals surface area contributed by atoms with Crippen molar-refractivity contribution in [3.63, 3.8) is 0 Å². The first-order chi connectivity index (χ1) is 10.2. The number of fused-ring (bicyclic) bond motifs is 1. The number of anilines is 1. The molecule has 108 valence electrons. The van der Waals surface area contributed by atoms with Gasteiger partial charge in [0.25, 0.3) is 0 Å². The Balaban J connectivity index is 2.28. The van der Waals surface area contributed by atoms with Gasteiger partial charge in [0.2, 0.25) is 5.82 Å². The Bertz CT molecular complexity index is 804. The third kappa shape index (κ3) is 2.14. The van der Waals surface area contributed by atoms with Gasteiger partial charge in [0.05, 0.1) is 12.6 Å². The summed E-state index contributed by atoms with van der Waals surface area (Å²) < 4.78 is 4.01. The van der Waals surface area contributed by atoms with Crippen molar-refractivity contribution in [2.24, 2.45) is 7.05 Å². The van der Waals surface area contributed by atoms with Gasteiger partial charge in [0, 0.05) is 25.6 Å². The molecule has 2 heterocycles. The molecule has 2 aromatic heterocycles. The molecule has 1 aromatic carbocycles. The number of nitrogens with one attached hydrogen (secondary N) is 1. The standard InChI is InChI=1S/C16H19N5/c1-5-12-10-21(14-9-7-6-8-13(12)14)16-18-11(2)20(4)15(17-3)19-16/h6-10H,5H2,1-4H3/p+1. The molecule has 0 aliphatic heterocycles. The molecule has 0 spiro atoms. The first-order valence-electron chi connectivity index (χ1n) is 7.17. The van der Waals surface area contributed by atoms with Crippen molar-refractivity contribution >= 4 is 16.9 Å². The highest BCUT2D eigenvalue weighted by Gasteiger charge is 2.18. The molecular weight excluding hydrogens is 262 g/mol. The predicted molar refractivity (Wildman–Crippen MR) is 83.7 cm³/mol. The highest BCUT2D eigenvalue weighted by molar-refractivity contribution is 5.85. The molecule has 0 bridgehead atoms. The fourth-order valence-electron chi connectivity index (χ4n) is 2.60. The summed E-state index contributed by atoms with van der Waals surface area (Å²) in [7, 11) is 3.83. The van der Waals surface area contributed by atoms with Gasteiger partial charge < -0.3 is 0 Å². The fraction of sp³-hybridized carbons (Fsp3) is 0.312. The molecule has 0 saturated heterocycles. The maximum Gasteiger partial charge on any atom is 0.351 e. The summed E-state index contributed by atoms with van der Waals surface area (Å²) in [4.78, 5) is 9.25. The number of hydrogen-bond donors (Lipinski definition) is 1. The number of aromatic nitrogens is 4. The van der Waals surface area contributed by atoms with Crippen LogP contribution in [0, 0.1) is 6.92 Å². The summed E-state index contributed by atoms with van der Waals surface area (Å²) in [6.45, 7) is 4.15. The average Bonchev–Trinajstić information content (AvgIpc) is 2.89. The van der Waals surface area contributed by atoms with Gasteiger partial charge in [-0.2, -0.15) is 0 Å². The first-order valence-corrected chi connectivity index (χ1v) is 7.17. The minimum absolute atomic E-state index is 0.700. The number of para-hydroxylation sites is 1. The lowest BCUT2D eigenvalue weighted by Gasteiger charge is -2.05. The summed E-state index contributed by atoms with van der Waals surface area (Å²) in [6, 6.07) is 8.38. The second-order valence-electron chi connectivity index (χ2n) is 5.10. The van der Waals surface area contributed by atoms with Crippen LogP contribution in [0.25, 0.3) is 16.9 Å². The average molecular weight is 282 g/mol. The third-order valence-electron chi connectivity index (χ3n) is 3.89. The van der Waals surface area contributed by atoms with Crippen molar-refractivity contribution < 1.29 is 4.57 Å². The predicted octanol–water partition coefficient (Wildman–Crippen LogP) is 2.16. The number of benzene rings is 1. The SMILES string of the molecule is CCc1cn(-c2nc(C)[n+](C)c(NC)n2)c2ccccc12. The van der Waals surface area contributed by atoms with Crippen LogP contribution in [-0.2, 0) is 13.5 Å². The zero-order valence-electron chi connectivity index (χ0n) is 12.9. The number of nitrogens with zero attached hydrogens (tertiary/aromatic N) is 4. The second-order valence-corrected chi connectivity index (χ2v) is 5.10. The molecule has 3 rings (SSSR count). The van der Waals surface area contributed by atoms with E-state index in [0.29, 0.717) is 5.95 Å². The molecular formula is C16H20N5+. The Morgan fingerprint density at radius 2 is 2.00 bits per heavy atom. The van der Waals surface area contributed by atoms with E-state index in [4.69, 9.17) is 0 Å². The largest absolute Gasteiger partial charge is 0.351 e. The monoisotopic (exact) mass is 282 g/mol. The topological polar surface area (TPSA) is 46.6 Å². The van der Waals surface area contributed by atoms with Crippen LogP contribution in [0.2, 0.25) is 0 Å². The van der Waals surface area contributed by atoms with Gasteiger partial charge in [0.1, 0.15) is 0 Å². The molecule has 0 atom stereocenters. The number of rotatable bonds is 3. The van der Waals surface area contributed by atoms with Crippen molar-refractivity contribution in [3.8, 4) is 5.95 Å². The summed E-state index contributed by atoms with van der Waals surface area (Å²) >= 11 is 0. The van der Waals surface area contributed by atoms with E-state index in [0.717, 1.165) is 23.7 Å². The second kappa shape index (κ2) is 5.16. The van der Waals surface area contributed by atoms with Crippen molar-refractivity contribution in [1.29, 1.82) is 0 Å². The van der Waals surface area contributed by atoms with Crippen LogP contribution < -0.4 is 9.88 Å². The Morgan fingerprint density at radius 3 is 2.71 bits per heavy atom. The Kier molecular flexibility index (Phi) is 3.33. The molecule has 21 heavy (non-hydrogen) atoms. The first kappa shape index (κ1) is 13.5. The molecule has 0 unspecified atom stereocenters. The Labute approximate surface area is 124 Å². The Hall–Kier alpha value is -2.43. The quantitative estimate of drug-likeness (QED) is 0.749. The lowest BCUT2D eigenvalue weighted by Crippen LogP contribution is -2.38. The van der Waals surface area contributed by atoms with Gasteiger partial charge in [-0.05, 0) is 18.1 Å². The van der Waals surface area contributed by atoms with E-state index < -0.39 is 0 Å². The number of aryl methyl sites for hydroxylation is 2. The zero-order chi connectivity index (χ0) is 15.0. The lowest BCUT2D eigenvalue weighted by atomic mass is 10.1. The lowest BCUT2D eigenvalue weighted by molar-refractivity contribution is -0.669. The van der Waals surface area contributed by atoms with Crippen molar-refractivity contribution in [3.05, 3.63) is 41.9 Å². The van der Waals surface area contributed by atoms with E-state index in [9.17, 15) is 0 Å². The van der Waals surface area contributed by atoms with Gasteiger partial charge in [0.15, 0.2) is 0 Å². The van der Waals surface area contributed by atoms with Gasteiger partial charge in [-0.15, -0.1) is 0 Å². The molecule has 3 aromatic rings. The molecule has 0 saturated carbocycles. The number of hydrogen-bond acceptors (Lipinski definition) is 3. The van der Waals surface area contributed by atoms with Crippen molar-refractivity contribution in [1.82, 2.24) is 14.5 Å². The summed E-state index contributed by atoms with van der Waals surface area (Å²) in [5.41, 5.74) is 2.45. The van der Waals surface area contributed by atoms with Crippen LogP contribution >= 0.6 is 0 Å². The third-order valence-corrected chi connectivity index (χ3v) is 3.89. The molecule has 0 radical (unpaired) electrons. The van der Waals surface area contributed by atoms with E-state index in [-0.39, 0.29) is 0 Å². The summed E-state index contributed by atoms with van der Waals surface area (Å²) in [5, 5.41) is 4.38. The maximum absolute atomic E-state index is 4.62. The van der Waals surface area contributed by atoms with E-state index in [1.54, 1.807) is 0 Å². The van der Waals surface area contributed by atoms with Gasteiger partial charge in [-0.1, -0.05) is 35.1 Å². The van der Waals surface area contributed by atoms with E-state index in [2.05, 4.69) is 51.2 Å². The molecule has 0 aliphatic carbocycles. The minimum atomic E-state index is 0.700. The van der Waals surface area contributed by atoms with Crippen molar-refractivity contribution in [2.45, 2.75) is 20.3 Å². The van der Waals surface area contributed by atoms with Gasteiger partial charge in [-0.3, -0.25) is 9.88 Å². The van der Waals surface area contributed by atoms with Crippen LogP contribution in [0.5, 0.6) is 0 Å².